The molecule has 3 nitrogen and oxygen atoms in total. The Morgan fingerprint density at radius 1 is 1.40 bits per heavy atom. The average molecular weight is 224 g/mol. The number of alkyl halides is 3. The lowest BCUT2D eigenvalue weighted by Gasteiger charge is -2.13. The van der Waals surface area contributed by atoms with Gasteiger partial charge in [0.2, 0.25) is 0 Å². The Morgan fingerprint density at radius 3 is 2.47 bits per heavy atom. The number of hydrogen-bond acceptors (Lipinski definition) is 1. The highest BCUT2D eigenvalue weighted by molar-refractivity contribution is 5.73. The largest absolute Gasteiger partial charge is 0.405 e. The van der Waals surface area contributed by atoms with Crippen LogP contribution in [0.3, 0.4) is 0 Å². The van der Waals surface area contributed by atoms with Crippen LogP contribution in [0.5, 0.6) is 0 Å². The zero-order valence-electron chi connectivity index (χ0n) is 8.53. The number of rotatable bonds is 4. The van der Waals surface area contributed by atoms with Crippen molar-refractivity contribution in [3.05, 3.63) is 0 Å². The maximum Gasteiger partial charge on any atom is 0.405 e. The summed E-state index contributed by atoms with van der Waals surface area (Å²) in [5.74, 6) is 0.981. The first-order valence-corrected chi connectivity index (χ1v) is 4.97. The molecule has 1 aliphatic carbocycles. The maximum absolute atomic E-state index is 11.7. The van der Waals surface area contributed by atoms with Gasteiger partial charge in [-0.2, -0.15) is 13.2 Å². The summed E-state index contributed by atoms with van der Waals surface area (Å²) in [5, 5.41) is 4.19. The number of carbonyl (C=O) groups excluding carboxylic acids is 1. The van der Waals surface area contributed by atoms with E-state index in [1.165, 1.54) is 0 Å². The van der Waals surface area contributed by atoms with Crippen molar-refractivity contribution in [1.29, 1.82) is 0 Å². The third-order valence-corrected chi connectivity index (χ3v) is 2.46. The SMILES string of the molecule is CC(CNC(=O)NCC(F)(F)F)C1CC1. The molecule has 0 spiro atoms. The minimum absolute atomic E-state index is 0.349. The Morgan fingerprint density at radius 2 is 2.00 bits per heavy atom. The molecule has 88 valence electrons. The molecule has 0 heterocycles. The quantitative estimate of drug-likeness (QED) is 0.752. The normalized spacial score (nSPS) is 18.4. The lowest BCUT2D eigenvalue weighted by molar-refractivity contribution is -0.122. The van der Waals surface area contributed by atoms with Gasteiger partial charge in [-0.1, -0.05) is 6.92 Å². The van der Waals surface area contributed by atoms with Gasteiger partial charge in [0.1, 0.15) is 6.54 Å². The van der Waals surface area contributed by atoms with E-state index in [0.29, 0.717) is 18.4 Å². The average Bonchev–Trinajstić information content (AvgIpc) is 2.92. The standard InChI is InChI=1S/C9H15F3N2O/c1-6(7-2-3-7)4-13-8(15)14-5-9(10,11)12/h6-7H,2-5H2,1H3,(H2,13,14,15). The van der Waals surface area contributed by atoms with Gasteiger partial charge < -0.3 is 10.6 Å². The molecule has 0 saturated heterocycles. The van der Waals surface area contributed by atoms with E-state index >= 15 is 0 Å². The minimum atomic E-state index is -4.35. The fourth-order valence-corrected chi connectivity index (χ4v) is 1.33. The van der Waals surface area contributed by atoms with Gasteiger partial charge in [-0.3, -0.25) is 0 Å². The summed E-state index contributed by atoms with van der Waals surface area (Å²) in [6, 6.07) is -0.750. The number of hydrogen-bond donors (Lipinski definition) is 2. The van der Waals surface area contributed by atoms with Crippen LogP contribution < -0.4 is 10.6 Å². The van der Waals surface area contributed by atoms with E-state index in [-0.39, 0.29) is 0 Å². The van der Waals surface area contributed by atoms with Crippen molar-refractivity contribution in [2.45, 2.75) is 25.9 Å². The van der Waals surface area contributed by atoms with E-state index in [1.54, 1.807) is 5.32 Å². The van der Waals surface area contributed by atoms with Crippen LogP contribution in [0.25, 0.3) is 0 Å². The zero-order chi connectivity index (χ0) is 11.5. The molecule has 1 fully saturated rings. The molecule has 1 saturated carbocycles. The number of carbonyl (C=O) groups is 1. The Balaban J connectivity index is 2.07. The van der Waals surface area contributed by atoms with Crippen molar-refractivity contribution >= 4 is 6.03 Å². The summed E-state index contributed by atoms with van der Waals surface area (Å²) >= 11 is 0. The second-order valence-corrected chi connectivity index (χ2v) is 3.99. The molecule has 0 aromatic rings. The van der Waals surface area contributed by atoms with Crippen LogP contribution in [-0.2, 0) is 0 Å². The molecular formula is C9H15F3N2O. The van der Waals surface area contributed by atoms with Gasteiger partial charge in [0.15, 0.2) is 0 Å². The van der Waals surface area contributed by atoms with Crippen molar-refractivity contribution in [3.8, 4) is 0 Å². The van der Waals surface area contributed by atoms with Crippen molar-refractivity contribution in [2.75, 3.05) is 13.1 Å². The van der Waals surface area contributed by atoms with Crippen LogP contribution in [0, 0.1) is 11.8 Å². The minimum Gasteiger partial charge on any atom is -0.338 e. The molecule has 0 radical (unpaired) electrons. The molecular weight excluding hydrogens is 209 g/mol. The lowest BCUT2D eigenvalue weighted by Crippen LogP contribution is -2.42. The highest BCUT2D eigenvalue weighted by atomic mass is 19.4. The van der Waals surface area contributed by atoms with Crippen molar-refractivity contribution in [3.63, 3.8) is 0 Å². The Kier molecular flexibility index (Phi) is 3.82. The fraction of sp³-hybridized carbons (Fsp3) is 0.889. The highest BCUT2D eigenvalue weighted by Crippen LogP contribution is 2.35. The Hall–Kier alpha value is -0.940. The summed E-state index contributed by atoms with van der Waals surface area (Å²) in [7, 11) is 0. The first kappa shape index (κ1) is 12.1. The second kappa shape index (κ2) is 4.72. The zero-order valence-corrected chi connectivity index (χ0v) is 8.53. The lowest BCUT2D eigenvalue weighted by atomic mass is 10.1. The molecule has 1 atom stereocenters. The molecule has 1 aliphatic rings. The maximum atomic E-state index is 11.7. The monoisotopic (exact) mass is 224 g/mol. The molecule has 0 aromatic heterocycles. The summed E-state index contributed by atoms with van der Waals surface area (Å²) < 4.78 is 35.1. The van der Waals surface area contributed by atoms with Gasteiger partial charge in [0.25, 0.3) is 0 Å². The predicted octanol–water partition coefficient (Wildman–Crippen LogP) is 1.89. The number of nitrogens with one attached hydrogen (secondary N) is 2. The topological polar surface area (TPSA) is 41.1 Å². The predicted molar refractivity (Wildman–Crippen MR) is 49.3 cm³/mol. The summed E-state index contributed by atoms with van der Waals surface area (Å²) in [4.78, 5) is 10.9. The third kappa shape index (κ3) is 5.49. The molecule has 2 amide bonds. The molecule has 0 aromatic carbocycles. The van der Waals surface area contributed by atoms with Gasteiger partial charge >= 0.3 is 12.2 Å². The van der Waals surface area contributed by atoms with Crippen LogP contribution in [0.2, 0.25) is 0 Å². The smallest absolute Gasteiger partial charge is 0.338 e. The van der Waals surface area contributed by atoms with Crippen molar-refractivity contribution in [1.82, 2.24) is 10.6 Å². The molecule has 6 heteroatoms. The fourth-order valence-electron chi connectivity index (χ4n) is 1.33. The van der Waals surface area contributed by atoms with E-state index in [0.717, 1.165) is 12.8 Å². The van der Waals surface area contributed by atoms with Crippen molar-refractivity contribution in [2.24, 2.45) is 11.8 Å². The van der Waals surface area contributed by atoms with Crippen LogP contribution in [-0.4, -0.2) is 25.3 Å². The Bertz CT molecular complexity index is 226. The highest BCUT2D eigenvalue weighted by Gasteiger charge is 2.29. The molecule has 2 N–H and O–H groups in total. The first-order chi connectivity index (χ1) is 6.88. The van der Waals surface area contributed by atoms with Gasteiger partial charge in [-0.05, 0) is 24.7 Å². The first-order valence-electron chi connectivity index (χ1n) is 4.97. The van der Waals surface area contributed by atoms with Gasteiger partial charge in [0.05, 0.1) is 0 Å². The van der Waals surface area contributed by atoms with E-state index in [2.05, 4.69) is 5.32 Å². The third-order valence-electron chi connectivity index (χ3n) is 2.46. The van der Waals surface area contributed by atoms with E-state index < -0.39 is 18.8 Å². The van der Waals surface area contributed by atoms with Crippen LogP contribution in [0.15, 0.2) is 0 Å². The van der Waals surface area contributed by atoms with E-state index in [9.17, 15) is 18.0 Å². The van der Waals surface area contributed by atoms with Gasteiger partial charge in [-0.15, -0.1) is 0 Å². The van der Waals surface area contributed by atoms with Crippen LogP contribution in [0.4, 0.5) is 18.0 Å². The molecule has 0 aliphatic heterocycles. The van der Waals surface area contributed by atoms with Crippen LogP contribution >= 0.6 is 0 Å². The number of halogens is 3. The summed E-state index contributed by atoms with van der Waals surface area (Å²) in [5.41, 5.74) is 0. The summed E-state index contributed by atoms with van der Waals surface area (Å²) in [6.07, 6.45) is -2.03. The Labute approximate surface area is 86.4 Å². The van der Waals surface area contributed by atoms with Gasteiger partial charge in [0, 0.05) is 6.54 Å². The number of amides is 2. The van der Waals surface area contributed by atoms with Crippen LogP contribution in [0.1, 0.15) is 19.8 Å². The van der Waals surface area contributed by atoms with E-state index in [1.807, 2.05) is 6.92 Å². The molecule has 0 bridgehead atoms. The second-order valence-electron chi connectivity index (χ2n) is 3.99. The van der Waals surface area contributed by atoms with Crippen molar-refractivity contribution < 1.29 is 18.0 Å². The molecule has 1 unspecified atom stereocenters. The van der Waals surface area contributed by atoms with Gasteiger partial charge in [-0.25, -0.2) is 4.79 Å². The summed E-state index contributed by atoms with van der Waals surface area (Å²) in [6.45, 7) is 1.15. The number of urea groups is 1. The van der Waals surface area contributed by atoms with E-state index in [4.69, 9.17) is 0 Å². The molecule has 1 rings (SSSR count). The molecule has 15 heavy (non-hydrogen) atoms.